The first-order valence-electron chi connectivity index (χ1n) is 4.89. The summed E-state index contributed by atoms with van der Waals surface area (Å²) in [5, 5.41) is 8.74. The molecule has 0 aliphatic heterocycles. The maximum Gasteiger partial charge on any atom is 2.00 e. The van der Waals surface area contributed by atoms with Crippen LogP contribution in [0.4, 0.5) is 0 Å². The van der Waals surface area contributed by atoms with Gasteiger partial charge in [-0.25, -0.2) is 24.3 Å². The average molecular weight is 244 g/mol. The Morgan fingerprint density at radius 3 is 2.27 bits per heavy atom. The van der Waals surface area contributed by atoms with Crippen molar-refractivity contribution < 1.29 is 22.2 Å². The van der Waals surface area contributed by atoms with E-state index in [0.29, 0.717) is 0 Å². The fourth-order valence-electron chi connectivity index (χ4n) is 1.31. The van der Waals surface area contributed by atoms with E-state index in [2.05, 4.69) is 6.92 Å². The van der Waals surface area contributed by atoms with Gasteiger partial charge in [0.2, 0.25) is 0 Å². The maximum absolute atomic E-state index is 8.74. The summed E-state index contributed by atoms with van der Waals surface area (Å²) in [7, 11) is 0. The molecule has 2 heteroatoms. The van der Waals surface area contributed by atoms with Crippen molar-refractivity contribution in [3.05, 3.63) is 59.7 Å². The molecule has 1 nitrogen and oxygen atoms in total. The van der Waals surface area contributed by atoms with Crippen LogP contribution in [0.2, 0.25) is 0 Å². The number of hydrogen-bond acceptors (Lipinski definition) is 1. The largest absolute Gasteiger partial charge is 2.00 e. The van der Waals surface area contributed by atoms with Crippen LogP contribution in [-0.4, -0.2) is 5.11 Å². The molecule has 0 fully saturated rings. The number of rotatable bonds is 2. The monoisotopic (exact) mass is 244 g/mol. The fourth-order valence-corrected chi connectivity index (χ4v) is 1.31. The molecule has 0 atom stereocenters. The Hall–Kier alpha value is -0.821. The van der Waals surface area contributed by atoms with Crippen molar-refractivity contribution in [3.8, 4) is 0 Å². The molecule has 0 saturated carbocycles. The first kappa shape index (κ1) is 14.2. The summed E-state index contributed by atoms with van der Waals surface area (Å²) >= 11 is 0. The van der Waals surface area contributed by atoms with Gasteiger partial charge >= 0.3 is 17.1 Å². The second-order valence-corrected chi connectivity index (χ2v) is 3.05. The van der Waals surface area contributed by atoms with Gasteiger partial charge in [0.1, 0.15) is 0 Å². The molecular formula is C13H16FeO. The van der Waals surface area contributed by atoms with Gasteiger partial charge in [-0.1, -0.05) is 13.3 Å². The number of aliphatic hydroxyl groups is 1. The summed E-state index contributed by atoms with van der Waals surface area (Å²) in [5.74, 6) is 0. The molecule has 0 spiro atoms. The van der Waals surface area contributed by atoms with Gasteiger partial charge in [-0.05, 0) is 0 Å². The summed E-state index contributed by atoms with van der Waals surface area (Å²) < 4.78 is 0. The van der Waals surface area contributed by atoms with E-state index < -0.39 is 0 Å². The summed E-state index contributed by atoms with van der Waals surface area (Å²) in [5.41, 5.74) is 2.33. The maximum atomic E-state index is 8.74. The smallest absolute Gasteiger partial charge is 0.404 e. The molecule has 0 radical (unpaired) electrons. The Balaban J connectivity index is 0.000000280. The topological polar surface area (TPSA) is 20.2 Å². The van der Waals surface area contributed by atoms with Crippen LogP contribution >= 0.6 is 0 Å². The third-order valence-corrected chi connectivity index (χ3v) is 2.11. The molecule has 0 saturated heterocycles. The zero-order valence-electron chi connectivity index (χ0n) is 8.83. The molecule has 82 valence electrons. The van der Waals surface area contributed by atoms with Crippen LogP contribution in [0, 0.1) is 0 Å². The average Bonchev–Trinajstić information content (AvgIpc) is 2.91. The van der Waals surface area contributed by atoms with Crippen molar-refractivity contribution in [1.82, 2.24) is 0 Å². The van der Waals surface area contributed by atoms with Crippen molar-refractivity contribution in [3.63, 3.8) is 0 Å². The molecule has 2 aromatic rings. The fraction of sp³-hybridized carbons (Fsp3) is 0.231. The molecule has 0 amide bonds. The van der Waals surface area contributed by atoms with E-state index in [1.165, 1.54) is 5.56 Å². The van der Waals surface area contributed by atoms with Gasteiger partial charge in [0.25, 0.3) is 0 Å². The predicted molar refractivity (Wildman–Crippen MR) is 59.4 cm³/mol. The normalized spacial score (nSPS) is 8.67. The Bertz CT molecular complexity index is 286. The van der Waals surface area contributed by atoms with E-state index in [4.69, 9.17) is 5.11 Å². The van der Waals surface area contributed by atoms with Crippen LogP contribution in [0.15, 0.2) is 48.5 Å². The molecule has 2 aromatic carbocycles. The van der Waals surface area contributed by atoms with E-state index in [-0.39, 0.29) is 23.7 Å². The van der Waals surface area contributed by atoms with Gasteiger partial charge < -0.3 is 5.11 Å². The van der Waals surface area contributed by atoms with Gasteiger partial charge in [-0.15, -0.1) is 5.56 Å². The van der Waals surface area contributed by atoms with Crippen molar-refractivity contribution in [2.24, 2.45) is 0 Å². The molecule has 0 aliphatic rings. The second-order valence-electron chi connectivity index (χ2n) is 3.05. The van der Waals surface area contributed by atoms with Crippen LogP contribution in [-0.2, 0) is 30.1 Å². The van der Waals surface area contributed by atoms with Crippen LogP contribution in [0.5, 0.6) is 0 Å². The van der Waals surface area contributed by atoms with E-state index >= 15 is 0 Å². The number of aliphatic hydroxyl groups excluding tert-OH is 1. The summed E-state index contributed by atoms with van der Waals surface area (Å²) in [6, 6.07) is 16.0. The van der Waals surface area contributed by atoms with Gasteiger partial charge in [0, 0.05) is 6.61 Å². The van der Waals surface area contributed by atoms with Crippen molar-refractivity contribution in [2.75, 3.05) is 0 Å². The van der Waals surface area contributed by atoms with Crippen LogP contribution in [0.3, 0.4) is 0 Å². The Morgan fingerprint density at radius 2 is 1.93 bits per heavy atom. The van der Waals surface area contributed by atoms with Crippen LogP contribution in [0.25, 0.3) is 0 Å². The predicted octanol–water partition coefficient (Wildman–Crippen LogP) is 2.86. The Morgan fingerprint density at radius 1 is 1.27 bits per heavy atom. The molecule has 0 unspecified atom stereocenters. The molecule has 1 N–H and O–H groups in total. The molecule has 2 rings (SSSR count). The number of aryl methyl sites for hydroxylation is 1. The molecular weight excluding hydrogens is 228 g/mol. The summed E-state index contributed by atoms with van der Waals surface area (Å²) in [4.78, 5) is 0. The first-order chi connectivity index (χ1) is 6.88. The van der Waals surface area contributed by atoms with Gasteiger partial charge in [0.15, 0.2) is 0 Å². The Kier molecular flexibility index (Phi) is 8.02. The third-order valence-electron chi connectivity index (χ3n) is 2.11. The Labute approximate surface area is 102 Å². The minimum atomic E-state index is 0. The third kappa shape index (κ3) is 4.98. The minimum Gasteiger partial charge on any atom is -0.404 e. The second kappa shape index (κ2) is 8.48. The van der Waals surface area contributed by atoms with E-state index in [1.807, 2.05) is 48.5 Å². The van der Waals surface area contributed by atoms with E-state index in [9.17, 15) is 0 Å². The van der Waals surface area contributed by atoms with Crippen molar-refractivity contribution >= 4 is 0 Å². The zero-order chi connectivity index (χ0) is 10.2. The summed E-state index contributed by atoms with van der Waals surface area (Å²) in [6.45, 7) is 2.27. The van der Waals surface area contributed by atoms with Gasteiger partial charge in [0.05, 0.1) is 0 Å². The van der Waals surface area contributed by atoms with E-state index in [1.54, 1.807) is 0 Å². The SMILES string of the molecule is CCc1ccc[c-]1CO.[Fe+2].c1cc[cH-]c1. The minimum absolute atomic E-state index is 0. The number of hydrogen-bond donors (Lipinski definition) is 1. The molecule has 0 bridgehead atoms. The molecule has 0 aliphatic carbocycles. The van der Waals surface area contributed by atoms with Gasteiger partial charge in [-0.3, -0.25) is 0 Å². The van der Waals surface area contributed by atoms with E-state index in [0.717, 1.165) is 12.0 Å². The molecule has 0 aromatic heterocycles. The van der Waals surface area contributed by atoms with Gasteiger partial charge in [-0.2, -0.15) is 29.8 Å². The zero-order valence-corrected chi connectivity index (χ0v) is 9.94. The van der Waals surface area contributed by atoms with Crippen molar-refractivity contribution in [2.45, 2.75) is 20.0 Å². The quantitative estimate of drug-likeness (QED) is 0.636. The van der Waals surface area contributed by atoms with Crippen LogP contribution < -0.4 is 0 Å². The molecule has 0 heterocycles. The standard InChI is InChI=1S/C8H11O.C5H5.Fe/c1-2-7-4-3-5-8(7)6-9;1-2-4-5-3-1;/h3-5,9H,2,6H2,1H3;1-5H;/q2*-1;+2. The summed E-state index contributed by atoms with van der Waals surface area (Å²) in [6.07, 6.45) is 1.02. The van der Waals surface area contributed by atoms with Crippen molar-refractivity contribution in [1.29, 1.82) is 0 Å². The molecule has 15 heavy (non-hydrogen) atoms. The van der Waals surface area contributed by atoms with Crippen LogP contribution in [0.1, 0.15) is 18.1 Å². The first-order valence-corrected chi connectivity index (χ1v) is 4.89.